The van der Waals surface area contributed by atoms with Crippen molar-refractivity contribution in [3.63, 3.8) is 0 Å². The largest absolute Gasteiger partial charge is 0.376 e. The highest BCUT2D eigenvalue weighted by molar-refractivity contribution is 5.60. The van der Waals surface area contributed by atoms with Crippen LogP contribution >= 0.6 is 0 Å². The maximum absolute atomic E-state index is 13.4. The summed E-state index contributed by atoms with van der Waals surface area (Å²) >= 11 is 0. The number of piperazine rings is 1. The Bertz CT molecular complexity index is 1020. The van der Waals surface area contributed by atoms with Crippen LogP contribution in [-0.2, 0) is 19.5 Å². The number of halogens is 1. The number of aliphatic hydroxyl groups is 1. The Morgan fingerprint density at radius 1 is 0.781 bits per heavy atom. The van der Waals surface area contributed by atoms with Crippen molar-refractivity contribution in [1.29, 1.82) is 0 Å². The van der Waals surface area contributed by atoms with Crippen LogP contribution in [0.25, 0.3) is 0 Å². The molecule has 2 aliphatic heterocycles. The van der Waals surface area contributed by atoms with Crippen LogP contribution in [0.5, 0.6) is 0 Å². The van der Waals surface area contributed by atoms with Crippen LogP contribution in [0.15, 0.2) is 78.9 Å². The summed E-state index contributed by atoms with van der Waals surface area (Å²) in [6.07, 6.45) is 0.282. The van der Waals surface area contributed by atoms with Gasteiger partial charge in [-0.25, -0.2) is 4.39 Å². The van der Waals surface area contributed by atoms with Gasteiger partial charge in [0.05, 0.1) is 6.04 Å². The average molecular weight is 432 g/mol. The number of benzene rings is 3. The predicted octanol–water partition coefficient (Wildman–Crippen LogP) is 3.89. The summed E-state index contributed by atoms with van der Waals surface area (Å²) in [6.45, 7) is 5.22. The summed E-state index contributed by atoms with van der Waals surface area (Å²) in [6, 6.07) is 25.6. The van der Waals surface area contributed by atoms with Gasteiger partial charge in [0.2, 0.25) is 0 Å². The fraction of sp³-hybridized carbons (Fsp3) is 0.333. The third-order valence-corrected chi connectivity index (χ3v) is 6.77. The second kappa shape index (κ2) is 9.41. The van der Waals surface area contributed by atoms with Crippen LogP contribution in [0.3, 0.4) is 0 Å². The van der Waals surface area contributed by atoms with Gasteiger partial charge in [-0.05, 0) is 41.3 Å². The van der Waals surface area contributed by atoms with Gasteiger partial charge >= 0.3 is 0 Å². The SMILES string of the molecule is OC(C1Cc2ccccc2N1Cc1ccc(F)cc1)N1CCN(Cc2ccccc2)CC1. The molecule has 0 saturated carbocycles. The Labute approximate surface area is 189 Å². The standard InChI is InChI=1S/C27H30FN3O/c28-24-12-10-22(11-13-24)20-31-25-9-5-4-8-23(25)18-26(31)27(32)30-16-14-29(15-17-30)19-21-6-2-1-3-7-21/h1-13,26-27,32H,14-20H2. The second-order valence-electron chi connectivity index (χ2n) is 8.87. The minimum absolute atomic E-state index is 0.0156. The van der Waals surface area contributed by atoms with Crippen LogP contribution in [-0.4, -0.2) is 53.4 Å². The number of nitrogens with zero attached hydrogens (tertiary/aromatic N) is 3. The Hall–Kier alpha value is -2.73. The molecule has 1 fully saturated rings. The summed E-state index contributed by atoms with van der Waals surface area (Å²) in [7, 11) is 0. The lowest BCUT2D eigenvalue weighted by Crippen LogP contribution is -2.56. The molecule has 3 aromatic carbocycles. The van der Waals surface area contributed by atoms with E-state index in [2.05, 4.69) is 63.2 Å². The highest BCUT2D eigenvalue weighted by Crippen LogP contribution is 2.35. The van der Waals surface area contributed by atoms with Crippen LogP contribution < -0.4 is 4.90 Å². The van der Waals surface area contributed by atoms with Crippen molar-refractivity contribution in [2.75, 3.05) is 31.1 Å². The van der Waals surface area contributed by atoms with E-state index < -0.39 is 6.23 Å². The number of para-hydroxylation sites is 1. The van der Waals surface area contributed by atoms with Gasteiger partial charge in [0.15, 0.2) is 0 Å². The van der Waals surface area contributed by atoms with Crippen LogP contribution in [0.1, 0.15) is 16.7 Å². The number of fused-ring (bicyclic) bond motifs is 1. The summed E-state index contributed by atoms with van der Waals surface area (Å²) in [5.41, 5.74) is 4.82. The Balaban J connectivity index is 1.27. The Morgan fingerprint density at radius 3 is 2.19 bits per heavy atom. The lowest BCUT2D eigenvalue weighted by Gasteiger charge is -2.41. The molecule has 0 bridgehead atoms. The minimum atomic E-state index is -0.540. The first-order valence-electron chi connectivity index (χ1n) is 11.4. The second-order valence-corrected chi connectivity index (χ2v) is 8.87. The van der Waals surface area contributed by atoms with Crippen molar-refractivity contribution >= 4 is 5.69 Å². The molecule has 4 nitrogen and oxygen atoms in total. The molecule has 1 saturated heterocycles. The molecule has 0 aliphatic carbocycles. The zero-order chi connectivity index (χ0) is 21.9. The smallest absolute Gasteiger partial charge is 0.128 e. The van der Waals surface area contributed by atoms with Crippen molar-refractivity contribution in [2.24, 2.45) is 0 Å². The molecule has 2 unspecified atom stereocenters. The maximum Gasteiger partial charge on any atom is 0.128 e. The van der Waals surface area contributed by atoms with Gasteiger partial charge in [0.25, 0.3) is 0 Å². The van der Waals surface area contributed by atoms with Gasteiger partial charge in [-0.3, -0.25) is 9.80 Å². The number of rotatable bonds is 6. The first-order chi connectivity index (χ1) is 15.7. The molecule has 2 atom stereocenters. The van der Waals surface area contributed by atoms with Crippen molar-refractivity contribution in [3.8, 4) is 0 Å². The molecule has 0 amide bonds. The van der Waals surface area contributed by atoms with Gasteiger partial charge < -0.3 is 10.0 Å². The molecular weight excluding hydrogens is 401 g/mol. The van der Waals surface area contributed by atoms with E-state index in [9.17, 15) is 9.50 Å². The lowest BCUT2D eigenvalue weighted by atomic mass is 10.1. The number of hydrogen-bond acceptors (Lipinski definition) is 4. The van der Waals surface area contributed by atoms with Crippen LogP contribution in [0.4, 0.5) is 10.1 Å². The molecule has 2 heterocycles. The molecule has 1 N–H and O–H groups in total. The maximum atomic E-state index is 13.4. The van der Waals surface area contributed by atoms with Crippen molar-refractivity contribution in [2.45, 2.75) is 31.8 Å². The van der Waals surface area contributed by atoms with Crippen LogP contribution in [0.2, 0.25) is 0 Å². The quantitative estimate of drug-likeness (QED) is 0.641. The Morgan fingerprint density at radius 2 is 1.44 bits per heavy atom. The molecule has 5 rings (SSSR count). The first kappa shape index (κ1) is 21.1. The third-order valence-electron chi connectivity index (χ3n) is 6.77. The van der Waals surface area contributed by atoms with Crippen molar-refractivity contribution in [1.82, 2.24) is 9.80 Å². The third kappa shape index (κ3) is 4.56. The fourth-order valence-corrected chi connectivity index (χ4v) is 5.00. The minimum Gasteiger partial charge on any atom is -0.376 e. The zero-order valence-electron chi connectivity index (χ0n) is 18.3. The highest BCUT2D eigenvalue weighted by atomic mass is 19.1. The van der Waals surface area contributed by atoms with Gasteiger partial charge in [0.1, 0.15) is 12.0 Å². The summed E-state index contributed by atoms with van der Waals surface area (Å²) < 4.78 is 13.4. The lowest BCUT2D eigenvalue weighted by molar-refractivity contribution is -0.0413. The van der Waals surface area contributed by atoms with Gasteiger partial charge in [0, 0.05) is 45.0 Å². The monoisotopic (exact) mass is 431 g/mol. The van der Waals surface area contributed by atoms with E-state index in [0.717, 1.165) is 44.7 Å². The zero-order valence-corrected chi connectivity index (χ0v) is 18.3. The number of hydrogen-bond donors (Lipinski definition) is 1. The molecule has 5 heteroatoms. The molecule has 0 radical (unpaired) electrons. The van der Waals surface area contributed by atoms with E-state index in [1.54, 1.807) is 0 Å². The van der Waals surface area contributed by atoms with E-state index in [-0.39, 0.29) is 11.9 Å². The van der Waals surface area contributed by atoms with E-state index in [1.165, 1.54) is 28.9 Å². The first-order valence-corrected chi connectivity index (χ1v) is 11.4. The Kier molecular flexibility index (Phi) is 6.21. The fourth-order valence-electron chi connectivity index (χ4n) is 5.00. The number of aliphatic hydroxyl groups excluding tert-OH is 1. The van der Waals surface area contributed by atoms with E-state index in [1.807, 2.05) is 18.2 Å². The molecule has 2 aliphatic rings. The summed E-state index contributed by atoms with van der Waals surface area (Å²) in [5, 5.41) is 11.4. The van der Waals surface area contributed by atoms with E-state index >= 15 is 0 Å². The van der Waals surface area contributed by atoms with E-state index in [0.29, 0.717) is 6.54 Å². The van der Waals surface area contributed by atoms with Crippen molar-refractivity contribution < 1.29 is 9.50 Å². The highest BCUT2D eigenvalue weighted by Gasteiger charge is 2.37. The summed E-state index contributed by atoms with van der Waals surface area (Å²) in [5.74, 6) is -0.222. The molecule has 166 valence electrons. The normalized spacial score (nSPS) is 20.3. The van der Waals surface area contributed by atoms with Crippen molar-refractivity contribution in [3.05, 3.63) is 101 Å². The topological polar surface area (TPSA) is 30.0 Å². The van der Waals surface area contributed by atoms with Crippen LogP contribution in [0, 0.1) is 5.82 Å². The van der Waals surface area contributed by atoms with E-state index in [4.69, 9.17) is 0 Å². The summed E-state index contributed by atoms with van der Waals surface area (Å²) in [4.78, 5) is 6.97. The molecule has 0 aromatic heterocycles. The molecule has 32 heavy (non-hydrogen) atoms. The average Bonchev–Trinajstić information content (AvgIpc) is 3.19. The number of anilines is 1. The predicted molar refractivity (Wildman–Crippen MR) is 126 cm³/mol. The van der Waals surface area contributed by atoms with Gasteiger partial charge in [-0.15, -0.1) is 0 Å². The molecule has 0 spiro atoms. The molecule has 3 aromatic rings. The van der Waals surface area contributed by atoms with Gasteiger partial charge in [-0.2, -0.15) is 0 Å². The molecular formula is C27H30FN3O. The van der Waals surface area contributed by atoms with Gasteiger partial charge in [-0.1, -0.05) is 60.7 Å².